The molecular weight excluding hydrogens is 258 g/mol. The zero-order chi connectivity index (χ0) is 11.4. The van der Waals surface area contributed by atoms with Crippen LogP contribution in [0.2, 0.25) is 5.02 Å². The Balaban J connectivity index is 2.11. The normalized spacial score (nSPS) is 10.4. The van der Waals surface area contributed by atoms with Crippen molar-refractivity contribution in [2.45, 2.75) is 14.7 Å². The van der Waals surface area contributed by atoms with Crippen LogP contribution >= 0.6 is 35.3 Å². The number of benzene rings is 2. The van der Waals surface area contributed by atoms with Gasteiger partial charge in [-0.2, -0.15) is 0 Å². The minimum atomic E-state index is 0.763. The van der Waals surface area contributed by atoms with E-state index in [1.807, 2.05) is 36.4 Å². The summed E-state index contributed by atoms with van der Waals surface area (Å²) >= 11 is 8.79. The first-order valence-electron chi connectivity index (χ1n) is 4.68. The summed E-state index contributed by atoms with van der Waals surface area (Å²) in [4.78, 5) is 3.44. The SMILES string of the molecule is NSc1ccc(Sc2ccc(Cl)cc2)cc1. The van der Waals surface area contributed by atoms with Crippen LogP contribution in [0.15, 0.2) is 63.2 Å². The maximum Gasteiger partial charge on any atom is 0.0406 e. The minimum Gasteiger partial charge on any atom is -0.274 e. The van der Waals surface area contributed by atoms with Gasteiger partial charge in [-0.15, -0.1) is 0 Å². The molecule has 4 heteroatoms. The number of hydrogen-bond donors (Lipinski definition) is 1. The highest BCUT2D eigenvalue weighted by Crippen LogP contribution is 2.29. The van der Waals surface area contributed by atoms with E-state index in [4.69, 9.17) is 16.7 Å². The molecule has 0 saturated carbocycles. The lowest BCUT2D eigenvalue weighted by molar-refractivity contribution is 1.34. The molecule has 0 unspecified atom stereocenters. The monoisotopic (exact) mass is 267 g/mol. The Bertz CT molecular complexity index is 453. The van der Waals surface area contributed by atoms with Crippen molar-refractivity contribution in [3.63, 3.8) is 0 Å². The van der Waals surface area contributed by atoms with E-state index in [0.717, 1.165) is 9.92 Å². The highest BCUT2D eigenvalue weighted by atomic mass is 35.5. The predicted molar refractivity (Wildman–Crippen MR) is 72.1 cm³/mol. The zero-order valence-corrected chi connectivity index (χ0v) is 10.8. The Morgan fingerprint density at radius 1 is 0.750 bits per heavy atom. The average molecular weight is 268 g/mol. The first-order chi connectivity index (χ1) is 7.78. The number of nitrogens with two attached hydrogens (primary N) is 1. The average Bonchev–Trinajstić information content (AvgIpc) is 2.33. The summed E-state index contributed by atoms with van der Waals surface area (Å²) in [5.74, 6) is 0. The van der Waals surface area contributed by atoms with Crippen molar-refractivity contribution in [1.29, 1.82) is 0 Å². The van der Waals surface area contributed by atoms with Crippen molar-refractivity contribution in [2.75, 3.05) is 0 Å². The van der Waals surface area contributed by atoms with Gasteiger partial charge in [0.25, 0.3) is 0 Å². The highest BCUT2D eigenvalue weighted by Gasteiger charge is 1.97. The largest absolute Gasteiger partial charge is 0.274 e. The maximum absolute atomic E-state index is 5.83. The molecule has 0 amide bonds. The quantitative estimate of drug-likeness (QED) is 0.832. The van der Waals surface area contributed by atoms with Crippen molar-refractivity contribution in [2.24, 2.45) is 5.14 Å². The van der Waals surface area contributed by atoms with Crippen molar-refractivity contribution in [3.05, 3.63) is 53.6 Å². The molecule has 82 valence electrons. The zero-order valence-electron chi connectivity index (χ0n) is 8.39. The Morgan fingerprint density at radius 3 is 1.69 bits per heavy atom. The van der Waals surface area contributed by atoms with E-state index in [9.17, 15) is 0 Å². The lowest BCUT2D eigenvalue weighted by atomic mass is 10.4. The molecule has 1 nitrogen and oxygen atoms in total. The third-order valence-electron chi connectivity index (χ3n) is 2.01. The third kappa shape index (κ3) is 3.19. The van der Waals surface area contributed by atoms with Crippen LogP contribution in [0.25, 0.3) is 0 Å². The second kappa shape index (κ2) is 5.64. The van der Waals surface area contributed by atoms with Gasteiger partial charge in [-0.05, 0) is 60.5 Å². The number of hydrogen-bond acceptors (Lipinski definition) is 3. The van der Waals surface area contributed by atoms with Gasteiger partial charge >= 0.3 is 0 Å². The summed E-state index contributed by atoms with van der Waals surface area (Å²) in [6, 6.07) is 16.0. The summed E-state index contributed by atoms with van der Waals surface area (Å²) < 4.78 is 0. The molecule has 0 aliphatic rings. The van der Waals surface area contributed by atoms with E-state index in [-0.39, 0.29) is 0 Å². The summed E-state index contributed by atoms with van der Waals surface area (Å²) in [5, 5.41) is 6.23. The van der Waals surface area contributed by atoms with E-state index in [0.29, 0.717) is 0 Å². The summed E-state index contributed by atoms with van der Waals surface area (Å²) in [5.41, 5.74) is 0. The van der Waals surface area contributed by atoms with Crippen LogP contribution in [0.1, 0.15) is 0 Å². The molecule has 0 atom stereocenters. The lowest BCUT2D eigenvalue weighted by Crippen LogP contribution is -1.79. The van der Waals surface area contributed by atoms with Crippen molar-refractivity contribution >= 4 is 35.3 Å². The Morgan fingerprint density at radius 2 is 1.19 bits per heavy atom. The molecule has 0 radical (unpaired) electrons. The van der Waals surface area contributed by atoms with E-state index in [1.165, 1.54) is 21.7 Å². The Kier molecular flexibility index (Phi) is 4.18. The highest BCUT2D eigenvalue weighted by molar-refractivity contribution is 7.99. The molecule has 0 spiro atoms. The standard InChI is InChI=1S/C12H10ClNS2/c13-9-1-3-10(4-2-9)15-11-5-7-12(16-14)8-6-11/h1-8H,14H2. The molecule has 16 heavy (non-hydrogen) atoms. The molecule has 2 aromatic carbocycles. The van der Waals surface area contributed by atoms with Crippen LogP contribution in [0.5, 0.6) is 0 Å². The summed E-state index contributed by atoms with van der Waals surface area (Å²) in [7, 11) is 0. The topological polar surface area (TPSA) is 26.0 Å². The van der Waals surface area contributed by atoms with Crippen LogP contribution in [-0.2, 0) is 0 Å². The fraction of sp³-hybridized carbons (Fsp3) is 0. The second-order valence-electron chi connectivity index (χ2n) is 3.15. The number of rotatable bonds is 3. The van der Waals surface area contributed by atoms with Crippen molar-refractivity contribution in [3.8, 4) is 0 Å². The molecule has 0 bridgehead atoms. The summed E-state index contributed by atoms with van der Waals surface area (Å²) in [6.07, 6.45) is 0. The molecule has 2 aromatic rings. The summed E-state index contributed by atoms with van der Waals surface area (Å²) in [6.45, 7) is 0. The molecular formula is C12H10ClNS2. The van der Waals surface area contributed by atoms with Crippen molar-refractivity contribution < 1.29 is 0 Å². The van der Waals surface area contributed by atoms with Gasteiger partial charge in [-0.1, -0.05) is 23.4 Å². The van der Waals surface area contributed by atoms with Crippen LogP contribution in [0, 0.1) is 0 Å². The van der Waals surface area contributed by atoms with Crippen LogP contribution in [0.3, 0.4) is 0 Å². The Labute approximate surface area is 109 Å². The van der Waals surface area contributed by atoms with Gasteiger partial charge in [-0.25, -0.2) is 0 Å². The van der Waals surface area contributed by atoms with Crippen LogP contribution < -0.4 is 5.14 Å². The first kappa shape index (κ1) is 11.9. The smallest absolute Gasteiger partial charge is 0.0406 e. The van der Waals surface area contributed by atoms with E-state index >= 15 is 0 Å². The minimum absolute atomic E-state index is 0.763. The van der Waals surface area contributed by atoms with Crippen LogP contribution in [-0.4, -0.2) is 0 Å². The predicted octanol–water partition coefficient (Wildman–Crippen LogP) is 4.46. The van der Waals surface area contributed by atoms with Gasteiger partial charge < -0.3 is 0 Å². The maximum atomic E-state index is 5.83. The fourth-order valence-electron chi connectivity index (χ4n) is 1.22. The molecule has 0 aliphatic heterocycles. The first-order valence-corrected chi connectivity index (χ1v) is 6.75. The molecule has 2 rings (SSSR count). The fourth-order valence-corrected chi connectivity index (χ4v) is 2.46. The van der Waals surface area contributed by atoms with Gasteiger partial charge in [0, 0.05) is 19.7 Å². The van der Waals surface area contributed by atoms with Gasteiger partial charge in [0.1, 0.15) is 0 Å². The molecule has 0 aromatic heterocycles. The Hall–Kier alpha value is -0.610. The van der Waals surface area contributed by atoms with Gasteiger partial charge in [0.15, 0.2) is 0 Å². The molecule has 0 aliphatic carbocycles. The molecule has 0 heterocycles. The van der Waals surface area contributed by atoms with Gasteiger partial charge in [0.2, 0.25) is 0 Å². The van der Waals surface area contributed by atoms with Gasteiger partial charge in [-0.3, -0.25) is 5.14 Å². The number of halogens is 1. The lowest BCUT2D eigenvalue weighted by Gasteiger charge is -2.02. The van der Waals surface area contributed by atoms with E-state index < -0.39 is 0 Å². The molecule has 2 N–H and O–H groups in total. The second-order valence-corrected chi connectivity index (χ2v) is 5.44. The molecule has 0 saturated heterocycles. The third-order valence-corrected chi connectivity index (χ3v) is 3.82. The van der Waals surface area contributed by atoms with E-state index in [1.54, 1.807) is 11.8 Å². The van der Waals surface area contributed by atoms with E-state index in [2.05, 4.69) is 12.1 Å². The van der Waals surface area contributed by atoms with Gasteiger partial charge in [0.05, 0.1) is 0 Å². The van der Waals surface area contributed by atoms with Crippen LogP contribution in [0.4, 0.5) is 0 Å². The molecule has 0 fully saturated rings. The van der Waals surface area contributed by atoms with Crippen molar-refractivity contribution in [1.82, 2.24) is 0 Å².